The van der Waals surface area contributed by atoms with Crippen LogP contribution >= 0.6 is 0 Å². The summed E-state index contributed by atoms with van der Waals surface area (Å²) in [6, 6.07) is 5.13. The smallest absolute Gasteiger partial charge is 0.328 e. The maximum atomic E-state index is 11.9. The lowest BCUT2D eigenvalue weighted by atomic mass is 10.0. The molecule has 0 bridgehead atoms. The molecule has 1 rings (SSSR count). The minimum Gasteiger partial charge on any atom is -0.379 e. The third-order valence-electron chi connectivity index (χ3n) is 4.92. The van der Waals surface area contributed by atoms with Crippen LogP contribution in [-0.2, 0) is 14.4 Å². The Morgan fingerprint density at radius 2 is 1.41 bits per heavy atom. The summed E-state index contributed by atoms with van der Waals surface area (Å²) in [5.74, 6) is -0.0838. The fraction of sp³-hybridized carbons (Fsp3) is 0.727. The zero-order valence-corrected chi connectivity index (χ0v) is 18.8. The first-order chi connectivity index (χ1) is 14.0. The molecule has 0 saturated carbocycles. The van der Waals surface area contributed by atoms with Crippen molar-refractivity contribution in [2.75, 3.05) is 5.75 Å². The van der Waals surface area contributed by atoms with Crippen LogP contribution in [0.2, 0.25) is 0 Å². The van der Waals surface area contributed by atoms with E-state index in [0.29, 0.717) is 12.1 Å². The molecule has 0 aromatic carbocycles. The zero-order chi connectivity index (χ0) is 21.2. The molecule has 0 atom stereocenters. The summed E-state index contributed by atoms with van der Waals surface area (Å²) in [4.78, 5) is 3.99. The molecule has 0 amide bonds. The number of pyridine rings is 1. The monoisotopic (exact) mass is 425 g/mol. The van der Waals surface area contributed by atoms with E-state index >= 15 is 0 Å². The number of aromatic nitrogens is 1. The van der Waals surface area contributed by atoms with Crippen molar-refractivity contribution in [3.63, 3.8) is 0 Å². The number of hydrogen-bond donors (Lipinski definition) is 1. The predicted octanol–water partition coefficient (Wildman–Crippen LogP) is 5.53. The van der Waals surface area contributed by atoms with Gasteiger partial charge in [-0.1, -0.05) is 96.5 Å². The molecule has 0 aliphatic heterocycles. The van der Waals surface area contributed by atoms with Gasteiger partial charge in [0.15, 0.2) is 5.84 Å². The number of hydrogen-bond acceptors (Lipinski definition) is 5. The highest BCUT2D eigenvalue weighted by Gasteiger charge is 2.12. The third kappa shape index (κ3) is 14.1. The van der Waals surface area contributed by atoms with Crippen LogP contribution in [0.3, 0.4) is 0 Å². The van der Waals surface area contributed by atoms with Crippen molar-refractivity contribution in [3.8, 4) is 0 Å². The number of unbranched alkanes of at least 4 members (excludes halogenated alkanes) is 13. The van der Waals surface area contributed by atoms with E-state index in [-0.39, 0.29) is 11.6 Å². The SMILES string of the molecule is CCCCCCCCCCCCCCCCS(=O)(=O)ON=C(N)c1ccccn1. The second-order valence-corrected chi connectivity index (χ2v) is 9.30. The highest BCUT2D eigenvalue weighted by Crippen LogP contribution is 2.13. The van der Waals surface area contributed by atoms with Crippen LogP contribution in [-0.4, -0.2) is 25.0 Å². The molecule has 166 valence electrons. The largest absolute Gasteiger partial charge is 0.379 e. The molecule has 0 aliphatic rings. The first-order valence-corrected chi connectivity index (χ1v) is 12.8. The number of nitrogens with zero attached hydrogens (tertiary/aromatic N) is 2. The Hall–Kier alpha value is -1.63. The Balaban J connectivity index is 1.98. The van der Waals surface area contributed by atoms with Crippen molar-refractivity contribution in [3.05, 3.63) is 30.1 Å². The molecule has 2 N–H and O–H groups in total. The maximum Gasteiger partial charge on any atom is 0.328 e. The molecular weight excluding hydrogens is 386 g/mol. The number of rotatable bonds is 18. The Labute approximate surface area is 177 Å². The molecule has 0 radical (unpaired) electrons. The van der Waals surface area contributed by atoms with Crippen molar-refractivity contribution in [1.82, 2.24) is 4.98 Å². The first-order valence-electron chi connectivity index (χ1n) is 11.2. The quantitative estimate of drug-likeness (QED) is 0.144. The van der Waals surface area contributed by atoms with Crippen LogP contribution in [0.1, 0.15) is 103 Å². The standard InChI is InChI=1S/C22H39N3O3S/c1-2-3-4-5-6-7-8-9-10-11-12-13-14-17-20-29(26,27)28-25-22(23)21-18-15-16-19-24-21/h15-16,18-19H,2-14,17,20H2,1H3,(H2,23,25). The molecule has 1 heterocycles. The van der Waals surface area contributed by atoms with E-state index in [1.54, 1.807) is 24.4 Å². The van der Waals surface area contributed by atoms with Crippen molar-refractivity contribution in [2.45, 2.75) is 96.8 Å². The molecule has 0 unspecified atom stereocenters. The molecule has 6 nitrogen and oxygen atoms in total. The summed E-state index contributed by atoms with van der Waals surface area (Å²) in [5.41, 5.74) is 6.07. The van der Waals surface area contributed by atoms with Gasteiger partial charge in [-0.3, -0.25) is 9.27 Å². The Morgan fingerprint density at radius 3 is 1.90 bits per heavy atom. The summed E-state index contributed by atoms with van der Waals surface area (Å²) < 4.78 is 28.4. The highest BCUT2D eigenvalue weighted by molar-refractivity contribution is 7.86. The van der Waals surface area contributed by atoms with Gasteiger partial charge in [0.1, 0.15) is 5.69 Å². The van der Waals surface area contributed by atoms with Crippen LogP contribution in [0.4, 0.5) is 0 Å². The van der Waals surface area contributed by atoms with Gasteiger partial charge in [0, 0.05) is 6.20 Å². The molecule has 0 aliphatic carbocycles. The van der Waals surface area contributed by atoms with Gasteiger partial charge in [0.25, 0.3) is 0 Å². The van der Waals surface area contributed by atoms with Crippen molar-refractivity contribution < 1.29 is 12.7 Å². The van der Waals surface area contributed by atoms with E-state index in [1.807, 2.05) is 0 Å². The minimum atomic E-state index is -3.70. The van der Waals surface area contributed by atoms with Crippen LogP contribution < -0.4 is 5.73 Å². The normalized spacial score (nSPS) is 12.2. The van der Waals surface area contributed by atoms with E-state index in [1.165, 1.54) is 70.6 Å². The predicted molar refractivity (Wildman–Crippen MR) is 120 cm³/mol. The molecule has 1 aromatic heterocycles. The summed E-state index contributed by atoms with van der Waals surface area (Å²) in [5, 5.41) is 3.49. The van der Waals surface area contributed by atoms with Crippen LogP contribution in [0.25, 0.3) is 0 Å². The van der Waals surface area contributed by atoms with Gasteiger partial charge in [-0.05, 0) is 23.7 Å². The lowest BCUT2D eigenvalue weighted by molar-refractivity contribution is 0.337. The number of oxime groups is 1. The Morgan fingerprint density at radius 1 is 0.897 bits per heavy atom. The van der Waals surface area contributed by atoms with E-state index in [2.05, 4.69) is 21.3 Å². The van der Waals surface area contributed by atoms with E-state index in [0.717, 1.165) is 12.8 Å². The topological polar surface area (TPSA) is 94.6 Å². The summed E-state index contributed by atoms with van der Waals surface area (Å²) in [7, 11) is -3.70. The second-order valence-electron chi connectivity index (χ2n) is 7.62. The van der Waals surface area contributed by atoms with Gasteiger partial charge in [-0.15, -0.1) is 0 Å². The lowest BCUT2D eigenvalue weighted by Gasteiger charge is -2.04. The molecule has 29 heavy (non-hydrogen) atoms. The first kappa shape index (κ1) is 25.4. The summed E-state index contributed by atoms with van der Waals surface area (Å²) >= 11 is 0. The van der Waals surface area contributed by atoms with Crippen molar-refractivity contribution in [1.29, 1.82) is 0 Å². The third-order valence-corrected chi connectivity index (χ3v) is 6.01. The molecule has 0 spiro atoms. The second kappa shape index (κ2) is 16.2. The molecule has 1 aromatic rings. The summed E-state index contributed by atoms with van der Waals surface area (Å²) in [6.07, 6.45) is 18.7. The lowest BCUT2D eigenvalue weighted by Crippen LogP contribution is -2.17. The fourth-order valence-corrected chi connectivity index (χ4v) is 3.99. The highest BCUT2D eigenvalue weighted by atomic mass is 32.2. The molecule has 0 saturated heterocycles. The maximum absolute atomic E-state index is 11.9. The average molecular weight is 426 g/mol. The molecule has 0 fully saturated rings. The number of nitrogens with two attached hydrogens (primary N) is 1. The van der Waals surface area contributed by atoms with Gasteiger partial charge < -0.3 is 5.73 Å². The van der Waals surface area contributed by atoms with E-state index in [9.17, 15) is 8.42 Å². The fourth-order valence-electron chi connectivity index (χ4n) is 3.17. The summed E-state index contributed by atoms with van der Waals surface area (Å²) in [6.45, 7) is 2.25. The van der Waals surface area contributed by atoms with Crippen LogP contribution in [0.15, 0.2) is 29.6 Å². The number of amidine groups is 1. The zero-order valence-electron chi connectivity index (χ0n) is 18.0. The molecular formula is C22H39N3O3S. The van der Waals surface area contributed by atoms with Gasteiger partial charge in [0.05, 0.1) is 5.75 Å². The van der Waals surface area contributed by atoms with Gasteiger partial charge in [-0.2, -0.15) is 8.42 Å². The molecule has 7 heteroatoms. The van der Waals surface area contributed by atoms with Crippen molar-refractivity contribution in [2.24, 2.45) is 10.9 Å². The van der Waals surface area contributed by atoms with Crippen LogP contribution in [0, 0.1) is 0 Å². The van der Waals surface area contributed by atoms with Crippen molar-refractivity contribution >= 4 is 16.0 Å². The van der Waals surface area contributed by atoms with Gasteiger partial charge >= 0.3 is 10.1 Å². The van der Waals surface area contributed by atoms with Crippen LogP contribution in [0.5, 0.6) is 0 Å². The van der Waals surface area contributed by atoms with E-state index < -0.39 is 10.1 Å². The Kier molecular flexibility index (Phi) is 14.2. The Bertz CT molecular complexity index is 649. The van der Waals surface area contributed by atoms with Gasteiger partial charge in [0.2, 0.25) is 0 Å². The average Bonchev–Trinajstić information content (AvgIpc) is 2.73. The van der Waals surface area contributed by atoms with Gasteiger partial charge in [-0.25, -0.2) is 0 Å². The van der Waals surface area contributed by atoms with E-state index in [4.69, 9.17) is 5.73 Å². The minimum absolute atomic E-state index is 0.0377.